The van der Waals surface area contributed by atoms with Gasteiger partial charge in [-0.3, -0.25) is 0 Å². The van der Waals surface area contributed by atoms with Gasteiger partial charge < -0.3 is 5.32 Å². The molecule has 0 heterocycles. The SMILES string of the molecule is CC(CCc1ccc(Cl)c(F)c1)NCc1ccc(C(F)(F)F)cc1. The van der Waals surface area contributed by atoms with Crippen LogP contribution in [0, 0.1) is 5.82 Å². The molecule has 0 saturated heterocycles. The number of aryl methyl sites for hydroxylation is 1. The molecule has 0 spiro atoms. The van der Waals surface area contributed by atoms with Gasteiger partial charge in [-0.05, 0) is 55.2 Å². The third kappa shape index (κ3) is 5.49. The standard InChI is InChI=1S/C18H18ClF4N/c1-12(2-3-13-6-9-16(19)17(20)10-13)24-11-14-4-7-15(8-5-14)18(21,22)23/h4-10,12,24H,2-3,11H2,1H3. The van der Waals surface area contributed by atoms with Crippen molar-refractivity contribution in [2.75, 3.05) is 0 Å². The van der Waals surface area contributed by atoms with Crippen molar-refractivity contribution in [2.24, 2.45) is 0 Å². The van der Waals surface area contributed by atoms with E-state index in [0.29, 0.717) is 13.0 Å². The maximum absolute atomic E-state index is 13.4. The van der Waals surface area contributed by atoms with E-state index in [1.807, 2.05) is 6.92 Å². The number of hydrogen-bond acceptors (Lipinski definition) is 1. The van der Waals surface area contributed by atoms with E-state index in [1.165, 1.54) is 24.3 Å². The molecule has 1 N–H and O–H groups in total. The second-order valence-corrected chi connectivity index (χ2v) is 6.17. The van der Waals surface area contributed by atoms with E-state index in [2.05, 4.69) is 5.32 Å². The summed E-state index contributed by atoms with van der Waals surface area (Å²) in [6.45, 7) is 2.46. The minimum absolute atomic E-state index is 0.104. The molecule has 6 heteroatoms. The molecule has 24 heavy (non-hydrogen) atoms. The van der Waals surface area contributed by atoms with Crippen molar-refractivity contribution in [1.82, 2.24) is 5.32 Å². The summed E-state index contributed by atoms with van der Waals surface area (Å²) in [4.78, 5) is 0. The molecule has 130 valence electrons. The third-order valence-corrected chi connectivity index (χ3v) is 4.09. The first kappa shape index (κ1) is 18.7. The number of benzene rings is 2. The van der Waals surface area contributed by atoms with E-state index < -0.39 is 17.6 Å². The van der Waals surface area contributed by atoms with Crippen molar-refractivity contribution in [3.63, 3.8) is 0 Å². The average molecular weight is 360 g/mol. The van der Waals surface area contributed by atoms with Crippen LogP contribution < -0.4 is 5.32 Å². The van der Waals surface area contributed by atoms with Crippen molar-refractivity contribution in [2.45, 2.75) is 38.5 Å². The summed E-state index contributed by atoms with van der Waals surface area (Å²) in [5.41, 5.74) is 0.997. The number of nitrogens with one attached hydrogen (secondary N) is 1. The van der Waals surface area contributed by atoms with Crippen molar-refractivity contribution in [1.29, 1.82) is 0 Å². The molecule has 0 radical (unpaired) electrons. The number of alkyl halides is 3. The zero-order valence-electron chi connectivity index (χ0n) is 13.1. The highest BCUT2D eigenvalue weighted by Crippen LogP contribution is 2.29. The summed E-state index contributed by atoms with van der Waals surface area (Å²) in [5.74, 6) is -0.431. The first-order chi connectivity index (χ1) is 11.3. The molecule has 1 nitrogen and oxygen atoms in total. The highest BCUT2D eigenvalue weighted by molar-refractivity contribution is 6.30. The molecule has 2 aromatic rings. The van der Waals surface area contributed by atoms with Crippen LogP contribution in [0.15, 0.2) is 42.5 Å². The Kier molecular flexibility index (Phi) is 6.24. The number of rotatable bonds is 6. The van der Waals surface area contributed by atoms with Crippen molar-refractivity contribution in [3.05, 3.63) is 70.0 Å². The molecule has 0 bridgehead atoms. The van der Waals surface area contributed by atoms with Gasteiger partial charge in [0.1, 0.15) is 5.82 Å². The van der Waals surface area contributed by atoms with Crippen LogP contribution in [0.1, 0.15) is 30.0 Å². The highest BCUT2D eigenvalue weighted by atomic mass is 35.5. The quantitative estimate of drug-likeness (QED) is 0.661. The smallest absolute Gasteiger partial charge is 0.310 e. The van der Waals surface area contributed by atoms with Crippen molar-refractivity contribution < 1.29 is 17.6 Å². The minimum atomic E-state index is -4.31. The Hall–Kier alpha value is -1.59. The molecule has 0 aliphatic rings. The molecule has 0 aliphatic heterocycles. The van der Waals surface area contributed by atoms with E-state index in [1.54, 1.807) is 6.07 Å². The Bertz CT molecular complexity index is 668. The molecule has 0 amide bonds. The Morgan fingerprint density at radius 2 is 1.67 bits per heavy atom. The van der Waals surface area contributed by atoms with E-state index in [0.717, 1.165) is 29.7 Å². The van der Waals surface area contributed by atoms with Gasteiger partial charge in [0, 0.05) is 12.6 Å². The fourth-order valence-corrected chi connectivity index (χ4v) is 2.40. The van der Waals surface area contributed by atoms with E-state index >= 15 is 0 Å². The van der Waals surface area contributed by atoms with E-state index in [9.17, 15) is 17.6 Å². The van der Waals surface area contributed by atoms with Gasteiger partial charge in [0.15, 0.2) is 0 Å². The molecule has 0 aromatic heterocycles. The molecular weight excluding hydrogens is 342 g/mol. The molecule has 2 aromatic carbocycles. The van der Waals surface area contributed by atoms with Gasteiger partial charge in [-0.2, -0.15) is 13.2 Å². The fourth-order valence-electron chi connectivity index (χ4n) is 2.28. The molecular formula is C18H18ClF4N. The molecule has 1 atom stereocenters. The largest absolute Gasteiger partial charge is 0.416 e. The van der Waals surface area contributed by atoms with Gasteiger partial charge in [0.25, 0.3) is 0 Å². The Labute approximate surface area is 143 Å². The van der Waals surface area contributed by atoms with Crippen LogP contribution in [0.4, 0.5) is 17.6 Å². The third-order valence-electron chi connectivity index (χ3n) is 3.79. The summed E-state index contributed by atoms with van der Waals surface area (Å²) in [7, 11) is 0. The van der Waals surface area contributed by atoms with Gasteiger partial charge in [-0.25, -0.2) is 4.39 Å². The maximum atomic E-state index is 13.4. The predicted octanol–water partition coefficient (Wildman–Crippen LogP) is 5.61. The first-order valence-electron chi connectivity index (χ1n) is 7.59. The highest BCUT2D eigenvalue weighted by Gasteiger charge is 2.29. The molecule has 0 fully saturated rings. The maximum Gasteiger partial charge on any atom is 0.416 e. The average Bonchev–Trinajstić information content (AvgIpc) is 2.53. The van der Waals surface area contributed by atoms with Crippen LogP contribution in [0.3, 0.4) is 0 Å². The van der Waals surface area contributed by atoms with Gasteiger partial charge in [0.05, 0.1) is 10.6 Å². The predicted molar refractivity (Wildman–Crippen MR) is 87.5 cm³/mol. The topological polar surface area (TPSA) is 12.0 Å². The lowest BCUT2D eigenvalue weighted by Gasteiger charge is -2.14. The van der Waals surface area contributed by atoms with E-state index in [4.69, 9.17) is 11.6 Å². The number of hydrogen-bond donors (Lipinski definition) is 1. The van der Waals surface area contributed by atoms with Crippen LogP contribution >= 0.6 is 11.6 Å². The monoisotopic (exact) mass is 359 g/mol. The zero-order valence-corrected chi connectivity index (χ0v) is 13.9. The first-order valence-corrected chi connectivity index (χ1v) is 7.97. The van der Waals surface area contributed by atoms with Gasteiger partial charge >= 0.3 is 6.18 Å². The van der Waals surface area contributed by atoms with Gasteiger partial charge in [0.2, 0.25) is 0 Å². The summed E-state index contributed by atoms with van der Waals surface area (Å²) in [6.07, 6.45) is -2.84. The van der Waals surface area contributed by atoms with E-state index in [-0.39, 0.29) is 11.1 Å². The van der Waals surface area contributed by atoms with Crippen LogP contribution in [-0.2, 0) is 19.1 Å². The normalized spacial score (nSPS) is 13.1. The molecule has 2 rings (SSSR count). The lowest BCUT2D eigenvalue weighted by atomic mass is 10.1. The van der Waals surface area contributed by atoms with Crippen LogP contribution in [0.25, 0.3) is 0 Å². The fraction of sp³-hybridized carbons (Fsp3) is 0.333. The molecule has 0 aliphatic carbocycles. The lowest BCUT2D eigenvalue weighted by Crippen LogP contribution is -2.26. The van der Waals surface area contributed by atoms with Crippen LogP contribution in [0.5, 0.6) is 0 Å². The Morgan fingerprint density at radius 3 is 2.25 bits per heavy atom. The lowest BCUT2D eigenvalue weighted by molar-refractivity contribution is -0.137. The van der Waals surface area contributed by atoms with Crippen LogP contribution in [-0.4, -0.2) is 6.04 Å². The van der Waals surface area contributed by atoms with Crippen LogP contribution in [0.2, 0.25) is 5.02 Å². The zero-order chi connectivity index (χ0) is 17.7. The summed E-state index contributed by atoms with van der Waals surface area (Å²) < 4.78 is 50.9. The molecule has 1 unspecified atom stereocenters. The molecule has 0 saturated carbocycles. The summed E-state index contributed by atoms with van der Waals surface area (Å²) in [5, 5.41) is 3.36. The second-order valence-electron chi connectivity index (χ2n) is 5.76. The van der Waals surface area contributed by atoms with Gasteiger partial charge in [-0.15, -0.1) is 0 Å². The summed E-state index contributed by atoms with van der Waals surface area (Å²) in [6, 6.07) is 9.99. The number of halogens is 5. The Morgan fingerprint density at radius 1 is 1.04 bits per heavy atom. The second kappa shape index (κ2) is 7.99. The minimum Gasteiger partial charge on any atom is -0.310 e. The Balaban J connectivity index is 1.80. The van der Waals surface area contributed by atoms with Crippen molar-refractivity contribution in [3.8, 4) is 0 Å². The van der Waals surface area contributed by atoms with Gasteiger partial charge in [-0.1, -0.05) is 29.8 Å². The van der Waals surface area contributed by atoms with Crippen molar-refractivity contribution >= 4 is 11.6 Å². The summed E-state index contributed by atoms with van der Waals surface area (Å²) >= 11 is 5.64.